The Morgan fingerprint density at radius 2 is 1.76 bits per heavy atom. The van der Waals surface area contributed by atoms with E-state index in [0.717, 1.165) is 47.5 Å². The molecule has 11 nitrogen and oxygen atoms in total. The van der Waals surface area contributed by atoms with E-state index in [1.807, 2.05) is 32.0 Å². The molecule has 0 aliphatic rings. The van der Waals surface area contributed by atoms with Gasteiger partial charge in [0.1, 0.15) is 29.7 Å². The Balaban J connectivity index is 0.000000353. The number of nitro groups is 1. The van der Waals surface area contributed by atoms with E-state index >= 15 is 0 Å². The Morgan fingerprint density at radius 3 is 2.28 bits per heavy atom. The van der Waals surface area contributed by atoms with E-state index < -0.39 is 48.9 Å². The fourth-order valence-electron chi connectivity index (χ4n) is 3.94. The molecule has 0 spiro atoms. The molecule has 0 aliphatic heterocycles. The number of nitrogens with one attached hydrogen (secondary N) is 1. The number of para-hydroxylation sites is 1. The van der Waals surface area contributed by atoms with Gasteiger partial charge >= 0.3 is 6.18 Å². The molecule has 2 amide bonds. The van der Waals surface area contributed by atoms with Gasteiger partial charge < -0.3 is 9.47 Å². The number of anilines is 1. The van der Waals surface area contributed by atoms with Gasteiger partial charge in [0.05, 0.1) is 27.5 Å². The molecule has 3 aromatic rings. The molecule has 1 N–H and O–H groups in total. The Kier molecular flexibility index (Phi) is 13.8. The maximum Gasteiger partial charge on any atom is 0.416 e. The van der Waals surface area contributed by atoms with Crippen molar-refractivity contribution in [3.63, 3.8) is 0 Å². The standard InChI is InChI=1S/C15H10ClF3N2O6S.C14H20ClNO2/c1-28(25,26)20-14(22)10-7-9(3-4-12(10)21(23)24)27-13-5-2-8(6-11(13)16)15(17,18)19;1-4-12-8-6-7-11(3)14(12)16(10-18-5-2)13(17)9-15/h2-7H,1H3,(H,20,22);6-8H,4-5,9-10H2,1-3H3. The van der Waals surface area contributed by atoms with Crippen molar-refractivity contribution in [1.82, 2.24) is 4.72 Å². The summed E-state index contributed by atoms with van der Waals surface area (Å²) in [7, 11) is -4.00. The summed E-state index contributed by atoms with van der Waals surface area (Å²) >= 11 is 11.4. The van der Waals surface area contributed by atoms with Crippen LogP contribution in [0.4, 0.5) is 24.5 Å². The smallest absolute Gasteiger partial charge is 0.416 e. The van der Waals surface area contributed by atoms with E-state index in [2.05, 4.69) is 6.92 Å². The molecule has 0 unspecified atom stereocenters. The highest BCUT2D eigenvalue weighted by molar-refractivity contribution is 7.89. The molecule has 0 atom stereocenters. The monoisotopic (exact) mass is 707 g/mol. The van der Waals surface area contributed by atoms with Gasteiger partial charge in [-0.2, -0.15) is 13.2 Å². The minimum atomic E-state index is -4.62. The van der Waals surface area contributed by atoms with Crippen LogP contribution in [0, 0.1) is 17.0 Å². The SMILES string of the molecule is CCOCN(C(=O)CCl)c1c(C)cccc1CC.CS(=O)(=O)NC(=O)c1cc(Oc2ccc(C(F)(F)F)cc2Cl)ccc1[N+](=O)[O-]. The lowest BCUT2D eigenvalue weighted by atomic mass is 10.0. The third-order valence-electron chi connectivity index (χ3n) is 5.99. The van der Waals surface area contributed by atoms with Crippen LogP contribution >= 0.6 is 23.2 Å². The van der Waals surface area contributed by atoms with Crippen molar-refractivity contribution in [3.05, 3.63) is 92.0 Å². The van der Waals surface area contributed by atoms with Crippen molar-refractivity contribution in [2.75, 3.05) is 30.4 Å². The van der Waals surface area contributed by atoms with Crippen molar-refractivity contribution >= 4 is 56.4 Å². The number of rotatable bonds is 11. The number of carbonyl (C=O) groups excluding carboxylic acids is 2. The first-order chi connectivity index (χ1) is 21.4. The molecule has 0 aromatic heterocycles. The Labute approximate surface area is 273 Å². The first kappa shape index (κ1) is 38.3. The van der Waals surface area contributed by atoms with Gasteiger partial charge in [0, 0.05) is 18.7 Å². The highest BCUT2D eigenvalue weighted by Crippen LogP contribution is 2.37. The van der Waals surface area contributed by atoms with Crippen LogP contribution < -0.4 is 14.4 Å². The number of halogens is 5. The number of alkyl halides is 4. The summed E-state index contributed by atoms with van der Waals surface area (Å²) in [5.74, 6) is -1.85. The molecular weight excluding hydrogens is 678 g/mol. The largest absolute Gasteiger partial charge is 0.456 e. The summed E-state index contributed by atoms with van der Waals surface area (Å²) in [5.41, 5.74) is 0.782. The van der Waals surface area contributed by atoms with Gasteiger partial charge in [0.25, 0.3) is 11.6 Å². The average Bonchev–Trinajstić information content (AvgIpc) is 2.97. The summed E-state index contributed by atoms with van der Waals surface area (Å²) in [5, 5.41) is 10.7. The van der Waals surface area contributed by atoms with Gasteiger partial charge in [0.2, 0.25) is 15.9 Å². The normalized spacial score (nSPS) is 11.2. The van der Waals surface area contributed by atoms with Crippen LogP contribution in [0.2, 0.25) is 5.02 Å². The number of carbonyl (C=O) groups is 2. The van der Waals surface area contributed by atoms with Crippen LogP contribution in [0.15, 0.2) is 54.6 Å². The number of nitro benzene ring substituents is 1. The lowest BCUT2D eigenvalue weighted by Gasteiger charge is -2.25. The molecule has 0 aliphatic carbocycles. The lowest BCUT2D eigenvalue weighted by molar-refractivity contribution is -0.385. The number of hydrogen-bond donors (Lipinski definition) is 1. The summed E-state index contributed by atoms with van der Waals surface area (Å²) in [6, 6.07) is 11.1. The zero-order valence-corrected chi connectivity index (χ0v) is 27.3. The first-order valence-electron chi connectivity index (χ1n) is 13.3. The van der Waals surface area contributed by atoms with Crippen LogP contribution in [0.3, 0.4) is 0 Å². The van der Waals surface area contributed by atoms with Gasteiger partial charge in [-0.25, -0.2) is 13.1 Å². The lowest BCUT2D eigenvalue weighted by Crippen LogP contribution is -2.35. The van der Waals surface area contributed by atoms with Crippen LogP contribution in [0.1, 0.15) is 40.9 Å². The predicted octanol–water partition coefficient (Wildman–Crippen LogP) is 6.87. The van der Waals surface area contributed by atoms with Gasteiger partial charge in [-0.1, -0.05) is 36.7 Å². The molecule has 0 saturated heterocycles. The summed E-state index contributed by atoms with van der Waals surface area (Å²) in [6.45, 7) is 6.79. The Bertz CT molecular complexity index is 1690. The van der Waals surface area contributed by atoms with E-state index in [-0.39, 0.29) is 30.0 Å². The number of hydrogen-bond acceptors (Lipinski definition) is 8. The maximum absolute atomic E-state index is 12.7. The summed E-state index contributed by atoms with van der Waals surface area (Å²) in [6.07, 6.45) is -3.07. The number of nitrogens with zero attached hydrogens (tertiary/aromatic N) is 2. The van der Waals surface area contributed by atoms with Crippen molar-refractivity contribution in [3.8, 4) is 11.5 Å². The van der Waals surface area contributed by atoms with Crippen molar-refractivity contribution in [2.24, 2.45) is 0 Å². The summed E-state index contributed by atoms with van der Waals surface area (Å²) in [4.78, 5) is 35.7. The molecular formula is C29H30Cl2F3N3O8S. The average molecular weight is 709 g/mol. The van der Waals surface area contributed by atoms with Gasteiger partial charge in [0.15, 0.2) is 0 Å². The third kappa shape index (κ3) is 10.9. The fraction of sp³-hybridized carbons (Fsp3) is 0.310. The number of amides is 2. The second-order valence-electron chi connectivity index (χ2n) is 9.40. The molecule has 46 heavy (non-hydrogen) atoms. The van der Waals surface area contributed by atoms with Crippen LogP contribution in [0.25, 0.3) is 0 Å². The van der Waals surface area contributed by atoms with E-state index in [1.54, 1.807) is 9.62 Å². The molecule has 17 heteroatoms. The third-order valence-corrected chi connectivity index (χ3v) is 7.07. The van der Waals surface area contributed by atoms with E-state index in [1.165, 1.54) is 0 Å². The highest BCUT2D eigenvalue weighted by atomic mass is 35.5. The van der Waals surface area contributed by atoms with Crippen molar-refractivity contribution < 1.29 is 45.6 Å². The van der Waals surface area contributed by atoms with Crippen molar-refractivity contribution in [1.29, 1.82) is 0 Å². The van der Waals surface area contributed by atoms with Gasteiger partial charge in [-0.15, -0.1) is 11.6 Å². The van der Waals surface area contributed by atoms with Crippen LogP contribution in [-0.4, -0.2) is 50.6 Å². The van der Waals surface area contributed by atoms with Gasteiger partial charge in [-0.05, 0) is 55.7 Å². The summed E-state index contributed by atoms with van der Waals surface area (Å²) < 4.78 is 72.6. The maximum atomic E-state index is 12.7. The first-order valence-corrected chi connectivity index (χ1v) is 16.1. The second-order valence-corrected chi connectivity index (χ2v) is 11.8. The molecule has 0 radical (unpaired) electrons. The molecule has 0 fully saturated rings. The number of benzene rings is 3. The molecule has 0 heterocycles. The number of sulfonamides is 1. The molecule has 0 bridgehead atoms. The molecule has 250 valence electrons. The zero-order chi connectivity index (χ0) is 34.8. The second kappa shape index (κ2) is 16.6. The van der Waals surface area contributed by atoms with Gasteiger partial charge in [-0.3, -0.25) is 24.6 Å². The van der Waals surface area contributed by atoms with Crippen molar-refractivity contribution in [2.45, 2.75) is 33.4 Å². The van der Waals surface area contributed by atoms with E-state index in [4.69, 9.17) is 32.7 Å². The fourth-order valence-corrected chi connectivity index (χ4v) is 4.75. The van der Waals surface area contributed by atoms with E-state index in [0.29, 0.717) is 25.0 Å². The number of aryl methyl sites for hydroxylation is 2. The minimum absolute atomic E-state index is 0.0371. The minimum Gasteiger partial charge on any atom is -0.456 e. The van der Waals surface area contributed by atoms with Crippen LogP contribution in [0.5, 0.6) is 11.5 Å². The quantitative estimate of drug-likeness (QED) is 0.0984. The predicted molar refractivity (Wildman–Crippen MR) is 167 cm³/mol. The molecule has 3 rings (SSSR count). The zero-order valence-electron chi connectivity index (χ0n) is 25.0. The van der Waals surface area contributed by atoms with E-state index in [9.17, 15) is 41.3 Å². The number of ether oxygens (including phenoxy) is 2. The topological polar surface area (TPSA) is 145 Å². The Hall–Kier alpha value is -3.92. The van der Waals surface area contributed by atoms with Crippen LogP contribution in [-0.2, 0) is 32.2 Å². The molecule has 0 saturated carbocycles. The Morgan fingerprint density at radius 1 is 1.09 bits per heavy atom. The molecule has 3 aromatic carbocycles. The highest BCUT2D eigenvalue weighted by Gasteiger charge is 2.31.